The van der Waals surface area contributed by atoms with Crippen molar-refractivity contribution in [2.24, 2.45) is 0 Å². The van der Waals surface area contributed by atoms with Gasteiger partial charge < -0.3 is 9.47 Å². The molecule has 0 saturated carbocycles. The van der Waals surface area contributed by atoms with Crippen molar-refractivity contribution in [3.05, 3.63) is 65.9 Å². The first-order valence-corrected chi connectivity index (χ1v) is 8.62. The SMILES string of the molecule is COc1ccc2c(c1)c(CC(=O)CCl)cn2C(=O)OCc1ccccc1. The van der Waals surface area contributed by atoms with Crippen LogP contribution in [0.2, 0.25) is 0 Å². The zero-order valence-corrected chi connectivity index (χ0v) is 15.0. The molecule has 0 aliphatic rings. The van der Waals surface area contributed by atoms with Crippen LogP contribution in [-0.2, 0) is 22.6 Å². The third kappa shape index (κ3) is 3.89. The van der Waals surface area contributed by atoms with Crippen LogP contribution in [0.25, 0.3) is 10.9 Å². The number of fused-ring (bicyclic) bond motifs is 1. The predicted octanol–water partition coefficient (Wildman–Crippen LogP) is 4.19. The predicted molar refractivity (Wildman–Crippen MR) is 99.9 cm³/mol. The lowest BCUT2D eigenvalue weighted by Gasteiger charge is -2.07. The average Bonchev–Trinajstić information content (AvgIpc) is 3.04. The highest BCUT2D eigenvalue weighted by Gasteiger charge is 2.17. The minimum atomic E-state index is -0.506. The van der Waals surface area contributed by atoms with Crippen molar-refractivity contribution in [1.29, 1.82) is 0 Å². The van der Waals surface area contributed by atoms with E-state index >= 15 is 0 Å². The Bertz CT molecular complexity index is 934. The fourth-order valence-corrected chi connectivity index (χ4v) is 2.84. The van der Waals surface area contributed by atoms with E-state index in [1.54, 1.807) is 31.5 Å². The van der Waals surface area contributed by atoms with Gasteiger partial charge in [0, 0.05) is 18.0 Å². The second-order valence-corrected chi connectivity index (χ2v) is 6.06. The van der Waals surface area contributed by atoms with Crippen LogP contribution in [0.15, 0.2) is 54.7 Å². The summed E-state index contributed by atoms with van der Waals surface area (Å²) in [6, 6.07) is 14.8. The van der Waals surface area contributed by atoms with E-state index in [-0.39, 0.29) is 24.7 Å². The number of ether oxygens (including phenoxy) is 2. The molecule has 134 valence electrons. The van der Waals surface area contributed by atoms with Gasteiger partial charge in [-0.25, -0.2) is 4.79 Å². The number of hydrogen-bond acceptors (Lipinski definition) is 4. The molecule has 0 unspecified atom stereocenters. The van der Waals surface area contributed by atoms with Crippen molar-refractivity contribution >= 4 is 34.4 Å². The van der Waals surface area contributed by atoms with E-state index in [9.17, 15) is 9.59 Å². The molecule has 3 rings (SSSR count). The molecule has 0 aliphatic heterocycles. The molecule has 0 spiro atoms. The highest BCUT2D eigenvalue weighted by molar-refractivity contribution is 6.27. The second kappa shape index (κ2) is 8.06. The highest BCUT2D eigenvalue weighted by Crippen LogP contribution is 2.27. The number of aromatic nitrogens is 1. The van der Waals surface area contributed by atoms with E-state index in [4.69, 9.17) is 21.1 Å². The minimum absolute atomic E-state index is 0.0743. The molecule has 0 aliphatic carbocycles. The van der Waals surface area contributed by atoms with Crippen LogP contribution in [0.5, 0.6) is 5.75 Å². The number of carbonyl (C=O) groups is 2. The lowest BCUT2D eigenvalue weighted by atomic mass is 10.1. The van der Waals surface area contributed by atoms with Crippen LogP contribution >= 0.6 is 11.6 Å². The van der Waals surface area contributed by atoms with Crippen LogP contribution in [-0.4, -0.2) is 29.4 Å². The van der Waals surface area contributed by atoms with Crippen molar-refractivity contribution in [3.8, 4) is 5.75 Å². The first-order valence-electron chi connectivity index (χ1n) is 8.09. The molecule has 26 heavy (non-hydrogen) atoms. The molecule has 0 N–H and O–H groups in total. The monoisotopic (exact) mass is 371 g/mol. The number of nitrogens with zero attached hydrogens (tertiary/aromatic N) is 1. The molecule has 0 bridgehead atoms. The van der Waals surface area contributed by atoms with Gasteiger partial charge in [0.2, 0.25) is 0 Å². The Morgan fingerprint density at radius 2 is 1.88 bits per heavy atom. The lowest BCUT2D eigenvalue weighted by Crippen LogP contribution is -2.12. The molecule has 6 heteroatoms. The molecule has 1 aromatic heterocycles. The Morgan fingerprint density at radius 1 is 1.12 bits per heavy atom. The Labute approximate surface area is 156 Å². The van der Waals surface area contributed by atoms with Gasteiger partial charge in [0.05, 0.1) is 18.5 Å². The first-order chi connectivity index (χ1) is 12.6. The summed E-state index contributed by atoms with van der Waals surface area (Å²) in [4.78, 5) is 24.3. The van der Waals surface area contributed by atoms with Crippen LogP contribution in [0.3, 0.4) is 0 Å². The lowest BCUT2D eigenvalue weighted by molar-refractivity contribution is -0.116. The number of benzene rings is 2. The maximum absolute atomic E-state index is 12.6. The van der Waals surface area contributed by atoms with Crippen molar-refractivity contribution in [2.45, 2.75) is 13.0 Å². The van der Waals surface area contributed by atoms with E-state index in [1.165, 1.54) is 4.57 Å². The molecule has 1 heterocycles. The van der Waals surface area contributed by atoms with Crippen LogP contribution < -0.4 is 4.74 Å². The Balaban J connectivity index is 1.91. The van der Waals surface area contributed by atoms with E-state index in [2.05, 4.69) is 0 Å². The molecular formula is C20H18ClNO4. The summed E-state index contributed by atoms with van der Waals surface area (Å²) in [5.74, 6) is 0.452. The molecule has 2 aromatic carbocycles. The fraction of sp³-hybridized carbons (Fsp3) is 0.200. The Hall–Kier alpha value is -2.79. The van der Waals surface area contributed by atoms with Crippen LogP contribution in [0.4, 0.5) is 4.79 Å². The number of hydrogen-bond donors (Lipinski definition) is 0. The van der Waals surface area contributed by atoms with Crippen molar-refractivity contribution in [3.63, 3.8) is 0 Å². The molecule has 0 amide bonds. The van der Waals surface area contributed by atoms with Gasteiger partial charge in [-0.1, -0.05) is 30.3 Å². The largest absolute Gasteiger partial charge is 0.497 e. The summed E-state index contributed by atoms with van der Waals surface area (Å²) in [7, 11) is 1.57. The third-order valence-corrected chi connectivity index (χ3v) is 4.33. The molecular weight excluding hydrogens is 354 g/mol. The van der Waals surface area contributed by atoms with Crippen molar-refractivity contribution < 1.29 is 19.1 Å². The van der Waals surface area contributed by atoms with Gasteiger partial charge in [0.25, 0.3) is 0 Å². The van der Waals surface area contributed by atoms with E-state index in [1.807, 2.05) is 30.3 Å². The Morgan fingerprint density at radius 3 is 2.58 bits per heavy atom. The standard InChI is InChI=1S/C20H18ClNO4/c1-25-17-7-8-19-18(10-17)15(9-16(23)11-21)12-22(19)20(24)26-13-14-5-3-2-4-6-14/h2-8,10,12H,9,11,13H2,1H3. The first kappa shape index (κ1) is 18.0. The smallest absolute Gasteiger partial charge is 0.418 e. The van der Waals surface area contributed by atoms with Gasteiger partial charge in [-0.3, -0.25) is 9.36 Å². The summed E-state index contributed by atoms with van der Waals surface area (Å²) >= 11 is 5.63. The van der Waals surface area contributed by atoms with Gasteiger partial charge in [-0.15, -0.1) is 11.6 Å². The van der Waals surface area contributed by atoms with Gasteiger partial charge in [-0.05, 0) is 29.3 Å². The van der Waals surface area contributed by atoms with Crippen molar-refractivity contribution in [2.75, 3.05) is 13.0 Å². The minimum Gasteiger partial charge on any atom is -0.497 e. The molecule has 5 nitrogen and oxygen atoms in total. The van der Waals surface area contributed by atoms with Gasteiger partial charge in [0.15, 0.2) is 5.78 Å². The number of methoxy groups -OCH3 is 1. The van der Waals surface area contributed by atoms with E-state index in [0.29, 0.717) is 16.8 Å². The number of carbonyl (C=O) groups excluding carboxylic acids is 2. The molecule has 0 saturated heterocycles. The Kier molecular flexibility index (Phi) is 5.58. The number of rotatable bonds is 6. The van der Waals surface area contributed by atoms with Gasteiger partial charge in [-0.2, -0.15) is 0 Å². The molecule has 0 fully saturated rings. The van der Waals surface area contributed by atoms with Gasteiger partial charge in [0.1, 0.15) is 12.4 Å². The zero-order chi connectivity index (χ0) is 18.5. The van der Waals surface area contributed by atoms with Crippen LogP contribution in [0.1, 0.15) is 11.1 Å². The topological polar surface area (TPSA) is 57.5 Å². The summed E-state index contributed by atoms with van der Waals surface area (Å²) < 4.78 is 12.1. The molecule has 0 atom stereocenters. The van der Waals surface area contributed by atoms with Gasteiger partial charge >= 0.3 is 6.09 Å². The summed E-state index contributed by atoms with van der Waals surface area (Å²) in [5.41, 5.74) is 2.26. The van der Waals surface area contributed by atoms with E-state index in [0.717, 1.165) is 10.9 Å². The summed E-state index contributed by atoms with van der Waals surface area (Å²) in [6.45, 7) is 0.172. The molecule has 0 radical (unpaired) electrons. The summed E-state index contributed by atoms with van der Waals surface area (Å²) in [5, 5.41) is 0.763. The van der Waals surface area contributed by atoms with Crippen LogP contribution in [0, 0.1) is 0 Å². The zero-order valence-electron chi connectivity index (χ0n) is 14.3. The average molecular weight is 372 g/mol. The van der Waals surface area contributed by atoms with E-state index < -0.39 is 6.09 Å². The number of Topliss-reactive ketones (excluding diaryl/α,β-unsaturated/α-hetero) is 1. The maximum Gasteiger partial charge on any atom is 0.418 e. The molecule has 3 aromatic rings. The fourth-order valence-electron chi connectivity index (χ4n) is 2.74. The quantitative estimate of drug-likeness (QED) is 0.610. The normalized spacial score (nSPS) is 10.7. The van der Waals surface area contributed by atoms with Crippen molar-refractivity contribution in [1.82, 2.24) is 4.57 Å². The number of halogens is 1. The number of alkyl halides is 1. The number of ketones is 1. The second-order valence-electron chi connectivity index (χ2n) is 5.80. The summed E-state index contributed by atoms with van der Waals surface area (Å²) in [6.07, 6.45) is 1.27. The highest BCUT2D eigenvalue weighted by atomic mass is 35.5. The third-order valence-electron chi connectivity index (χ3n) is 4.03. The maximum atomic E-state index is 12.6.